The average molecular weight is 118 g/mol. The minimum absolute atomic E-state index is 0.766. The Kier molecular flexibility index (Phi) is 5.65. The monoisotopic (exact) mass is 117 g/mol. The molecule has 0 unspecified atom stereocenters. The van der Waals surface area contributed by atoms with E-state index in [1.54, 1.807) is 0 Å². The first-order valence-corrected chi connectivity index (χ1v) is 2.52. The van der Waals surface area contributed by atoms with Gasteiger partial charge in [0.05, 0.1) is 0 Å². The van der Waals surface area contributed by atoms with Crippen LogP contribution < -0.4 is 4.84 Å². The highest BCUT2D eigenvalue weighted by Gasteiger charge is 1.71. The lowest BCUT2D eigenvalue weighted by atomic mass is 10.4. The van der Waals surface area contributed by atoms with Crippen molar-refractivity contribution < 1.29 is 0 Å². The molecule has 0 fully saturated rings. The predicted molar refractivity (Wildman–Crippen MR) is 31.9 cm³/mol. The Morgan fingerprint density at radius 1 is 1.71 bits per heavy atom. The molecule has 7 heavy (non-hydrogen) atoms. The fraction of sp³-hybridized carbons (Fsp3) is 0.600. The van der Waals surface area contributed by atoms with Crippen LogP contribution in [0.5, 0.6) is 0 Å². The molecule has 0 saturated heterocycles. The van der Waals surface area contributed by atoms with Gasteiger partial charge in [-0.05, 0) is 18.7 Å². The first-order chi connectivity index (χ1) is 3.41. The van der Waals surface area contributed by atoms with Crippen LogP contribution in [0.2, 0.25) is 0 Å². The molecular weight excluding hydrogens is 110 g/mol. The molecular formula is C5H8ClN. The Labute approximate surface area is 49.2 Å². The number of hydrogen-bond acceptors (Lipinski definition) is 1. The second-order valence-corrected chi connectivity index (χ2v) is 1.33. The number of rotatable bonds is 2. The minimum Gasteiger partial charge on any atom is -0.233 e. The van der Waals surface area contributed by atoms with Crippen LogP contribution in [0.15, 0.2) is 0 Å². The van der Waals surface area contributed by atoms with Crippen LogP contribution in [0.3, 0.4) is 0 Å². The molecule has 0 aliphatic rings. The maximum absolute atomic E-state index is 5.12. The molecule has 40 valence electrons. The summed E-state index contributed by atoms with van der Waals surface area (Å²) in [7, 11) is 0. The first-order valence-electron chi connectivity index (χ1n) is 2.15. The average Bonchev–Trinajstić information content (AvgIpc) is 1.69. The van der Waals surface area contributed by atoms with E-state index < -0.39 is 0 Å². The van der Waals surface area contributed by atoms with Gasteiger partial charge in [-0.1, -0.05) is 0 Å². The lowest BCUT2D eigenvalue weighted by molar-refractivity contribution is 0.945. The quantitative estimate of drug-likeness (QED) is 0.325. The highest BCUT2D eigenvalue weighted by atomic mass is 35.5. The minimum atomic E-state index is 0.766. The third-order valence-corrected chi connectivity index (χ3v) is 0.710. The van der Waals surface area contributed by atoms with Gasteiger partial charge in [0, 0.05) is 13.0 Å². The summed E-state index contributed by atoms with van der Waals surface area (Å²) in [6.07, 6.45) is 0.833. The highest BCUT2D eigenvalue weighted by Crippen LogP contribution is 1.70. The normalized spacial score (nSPS) is 7.14. The topological polar surface area (TPSA) is 12.0 Å². The molecule has 0 bridgehead atoms. The Morgan fingerprint density at radius 2 is 2.43 bits per heavy atom. The van der Waals surface area contributed by atoms with Crippen LogP contribution in [-0.4, -0.2) is 6.54 Å². The molecule has 0 aromatic heterocycles. The summed E-state index contributed by atoms with van der Waals surface area (Å²) in [5.41, 5.74) is 0. The van der Waals surface area contributed by atoms with Crippen LogP contribution in [0.1, 0.15) is 13.3 Å². The van der Waals surface area contributed by atoms with Gasteiger partial charge in [0.1, 0.15) is 0 Å². The lowest BCUT2D eigenvalue weighted by Crippen LogP contribution is -1.97. The zero-order valence-electron chi connectivity index (χ0n) is 4.29. The first kappa shape index (κ1) is 6.81. The van der Waals surface area contributed by atoms with Crippen LogP contribution in [0.4, 0.5) is 0 Å². The van der Waals surface area contributed by atoms with Gasteiger partial charge in [-0.25, -0.2) is 4.84 Å². The van der Waals surface area contributed by atoms with Gasteiger partial charge in [0.2, 0.25) is 0 Å². The van der Waals surface area contributed by atoms with Crippen molar-refractivity contribution in [3.8, 4) is 11.8 Å². The van der Waals surface area contributed by atoms with E-state index in [1.807, 2.05) is 6.92 Å². The number of halogens is 1. The Hall–Kier alpha value is -0.190. The Bertz CT molecular complexity index is 79.8. The Balaban J connectivity index is 2.78. The molecule has 0 aliphatic carbocycles. The molecule has 0 spiro atoms. The van der Waals surface area contributed by atoms with Gasteiger partial charge in [0.15, 0.2) is 0 Å². The van der Waals surface area contributed by atoms with Crippen molar-refractivity contribution in [2.75, 3.05) is 6.54 Å². The van der Waals surface area contributed by atoms with Crippen LogP contribution in [-0.2, 0) is 0 Å². The molecule has 0 rings (SSSR count). The molecule has 0 aliphatic heterocycles. The van der Waals surface area contributed by atoms with E-state index in [-0.39, 0.29) is 0 Å². The molecule has 0 saturated carbocycles. The molecule has 0 aromatic carbocycles. The second kappa shape index (κ2) is 5.81. The summed E-state index contributed by atoms with van der Waals surface area (Å²) in [6, 6.07) is 0. The summed E-state index contributed by atoms with van der Waals surface area (Å²) >= 11 is 5.12. The molecule has 1 N–H and O–H groups in total. The van der Waals surface area contributed by atoms with Gasteiger partial charge in [0.25, 0.3) is 0 Å². The van der Waals surface area contributed by atoms with E-state index in [9.17, 15) is 0 Å². The van der Waals surface area contributed by atoms with Gasteiger partial charge < -0.3 is 0 Å². The molecule has 2 heteroatoms. The van der Waals surface area contributed by atoms with Crippen molar-refractivity contribution in [3.63, 3.8) is 0 Å². The lowest BCUT2D eigenvalue weighted by Gasteiger charge is -1.82. The summed E-state index contributed by atoms with van der Waals surface area (Å²) < 4.78 is 0. The van der Waals surface area contributed by atoms with E-state index >= 15 is 0 Å². The summed E-state index contributed by atoms with van der Waals surface area (Å²) in [5, 5.41) is 0. The predicted octanol–water partition coefficient (Wildman–Crippen LogP) is 1.14. The van der Waals surface area contributed by atoms with E-state index in [2.05, 4.69) is 16.7 Å². The standard InChI is InChI=1S/C5H8ClN/c1-2-3-4-5-7-6/h7H,4-5H2,1H3. The fourth-order valence-electron chi connectivity index (χ4n) is 0.235. The van der Waals surface area contributed by atoms with Crippen LogP contribution >= 0.6 is 11.8 Å². The molecule has 0 aromatic rings. The third kappa shape index (κ3) is 5.81. The summed E-state index contributed by atoms with van der Waals surface area (Å²) in [6.45, 7) is 2.58. The number of hydrogen-bond donors (Lipinski definition) is 1. The largest absolute Gasteiger partial charge is 0.233 e. The van der Waals surface area contributed by atoms with Crippen LogP contribution in [0.25, 0.3) is 0 Å². The molecule has 0 radical (unpaired) electrons. The molecule has 0 heterocycles. The molecule has 0 atom stereocenters. The third-order valence-electron chi connectivity index (χ3n) is 0.521. The zero-order chi connectivity index (χ0) is 5.54. The van der Waals surface area contributed by atoms with Gasteiger partial charge >= 0.3 is 0 Å². The van der Waals surface area contributed by atoms with Crippen LogP contribution in [0, 0.1) is 11.8 Å². The van der Waals surface area contributed by atoms with E-state index in [1.165, 1.54) is 0 Å². The summed E-state index contributed by atoms with van der Waals surface area (Å²) in [4.78, 5) is 2.47. The van der Waals surface area contributed by atoms with E-state index in [0.29, 0.717) is 0 Å². The van der Waals surface area contributed by atoms with Crippen molar-refractivity contribution in [1.82, 2.24) is 4.84 Å². The van der Waals surface area contributed by atoms with Gasteiger partial charge in [-0.3, -0.25) is 0 Å². The Morgan fingerprint density at radius 3 is 2.86 bits per heavy atom. The van der Waals surface area contributed by atoms with Crippen molar-refractivity contribution in [2.45, 2.75) is 13.3 Å². The second-order valence-electron chi connectivity index (χ2n) is 1.06. The van der Waals surface area contributed by atoms with E-state index in [0.717, 1.165) is 13.0 Å². The van der Waals surface area contributed by atoms with Crippen molar-refractivity contribution in [3.05, 3.63) is 0 Å². The van der Waals surface area contributed by atoms with Gasteiger partial charge in [-0.15, -0.1) is 11.8 Å². The van der Waals surface area contributed by atoms with Crippen molar-refractivity contribution >= 4 is 11.8 Å². The molecule has 1 nitrogen and oxygen atoms in total. The fourth-order valence-corrected chi connectivity index (χ4v) is 0.329. The van der Waals surface area contributed by atoms with Gasteiger partial charge in [-0.2, -0.15) is 0 Å². The van der Waals surface area contributed by atoms with E-state index in [4.69, 9.17) is 11.8 Å². The maximum atomic E-state index is 5.12. The smallest absolute Gasteiger partial charge is 0.0227 e. The number of nitrogens with one attached hydrogen (secondary N) is 1. The van der Waals surface area contributed by atoms with Crippen molar-refractivity contribution in [1.29, 1.82) is 0 Å². The maximum Gasteiger partial charge on any atom is 0.0227 e. The highest BCUT2D eigenvalue weighted by molar-refractivity contribution is 6.13. The zero-order valence-corrected chi connectivity index (χ0v) is 5.05. The molecule has 0 amide bonds. The SMILES string of the molecule is CC#CCCNCl. The summed E-state index contributed by atoms with van der Waals surface area (Å²) in [5.74, 6) is 5.61. The van der Waals surface area contributed by atoms with Crippen molar-refractivity contribution in [2.24, 2.45) is 0 Å².